The van der Waals surface area contributed by atoms with Gasteiger partial charge in [-0.2, -0.15) is 9.78 Å². The highest BCUT2D eigenvalue weighted by atomic mass is 127. The van der Waals surface area contributed by atoms with E-state index in [9.17, 15) is 14.9 Å². The molecule has 0 N–H and O–H groups in total. The monoisotopic (exact) mass is 439 g/mol. The van der Waals surface area contributed by atoms with Crippen LogP contribution in [0.2, 0.25) is 0 Å². The molecule has 2 heterocycles. The second-order valence-corrected chi connectivity index (χ2v) is 5.67. The SMILES string of the molecule is Cc1c(Br)c([N+](=O)[O-])nn1CC(=O)n1cc(I)cn1. The molecule has 0 aliphatic heterocycles. The predicted molar refractivity (Wildman–Crippen MR) is 76.9 cm³/mol. The zero-order valence-corrected chi connectivity index (χ0v) is 13.3. The fourth-order valence-corrected chi connectivity index (χ4v) is 2.23. The summed E-state index contributed by atoms with van der Waals surface area (Å²) >= 11 is 5.13. The third-order valence-corrected chi connectivity index (χ3v) is 3.87. The Balaban J connectivity index is 2.27. The van der Waals surface area contributed by atoms with E-state index in [4.69, 9.17) is 0 Å². The first-order chi connectivity index (χ1) is 8.90. The molecule has 0 bridgehead atoms. The standard InChI is InChI=1S/C9H7BrIN5O3/c1-5-8(10)9(16(18)19)13-14(5)4-7(17)15-3-6(11)2-12-15/h2-3H,4H2,1H3. The normalized spacial score (nSPS) is 10.7. The summed E-state index contributed by atoms with van der Waals surface area (Å²) in [5.41, 5.74) is 0.516. The third kappa shape index (κ3) is 2.83. The van der Waals surface area contributed by atoms with Crippen LogP contribution < -0.4 is 0 Å². The number of carbonyl (C=O) groups excluding carboxylic acids is 1. The van der Waals surface area contributed by atoms with Crippen LogP contribution in [0.4, 0.5) is 5.82 Å². The molecule has 8 nitrogen and oxygen atoms in total. The summed E-state index contributed by atoms with van der Waals surface area (Å²) in [6.07, 6.45) is 3.12. The molecule has 10 heteroatoms. The average Bonchev–Trinajstić information content (AvgIpc) is 2.88. The largest absolute Gasteiger partial charge is 0.404 e. The minimum atomic E-state index is -0.602. The molecule has 0 aliphatic carbocycles. The molecule has 0 saturated carbocycles. The molecular formula is C9H7BrIN5O3. The van der Waals surface area contributed by atoms with E-state index in [1.54, 1.807) is 19.3 Å². The van der Waals surface area contributed by atoms with Crippen LogP contribution in [0.3, 0.4) is 0 Å². The number of halogens is 2. The van der Waals surface area contributed by atoms with Crippen molar-refractivity contribution in [1.29, 1.82) is 0 Å². The van der Waals surface area contributed by atoms with Gasteiger partial charge in [-0.25, -0.2) is 4.68 Å². The van der Waals surface area contributed by atoms with Gasteiger partial charge in [-0.05, 0) is 50.4 Å². The van der Waals surface area contributed by atoms with Crippen LogP contribution in [0.1, 0.15) is 10.5 Å². The van der Waals surface area contributed by atoms with Crippen molar-refractivity contribution in [1.82, 2.24) is 19.6 Å². The summed E-state index contributed by atoms with van der Waals surface area (Å²) in [5.74, 6) is -0.628. The molecule has 2 rings (SSSR count). The van der Waals surface area contributed by atoms with Crippen molar-refractivity contribution in [2.24, 2.45) is 0 Å². The Kier molecular flexibility index (Phi) is 3.99. The highest BCUT2D eigenvalue weighted by Gasteiger charge is 2.24. The minimum Gasteiger partial charge on any atom is -0.358 e. The van der Waals surface area contributed by atoms with E-state index in [0.29, 0.717) is 5.69 Å². The lowest BCUT2D eigenvalue weighted by atomic mass is 10.4. The highest BCUT2D eigenvalue weighted by Crippen LogP contribution is 2.26. The summed E-state index contributed by atoms with van der Waals surface area (Å²) in [6.45, 7) is 1.53. The van der Waals surface area contributed by atoms with Crippen LogP contribution in [0.5, 0.6) is 0 Å². The zero-order valence-electron chi connectivity index (χ0n) is 9.58. The maximum Gasteiger partial charge on any atom is 0.404 e. The number of rotatable bonds is 3. The molecule has 19 heavy (non-hydrogen) atoms. The molecule has 0 aromatic carbocycles. The number of nitrogens with zero attached hydrogens (tertiary/aromatic N) is 5. The lowest BCUT2D eigenvalue weighted by molar-refractivity contribution is -0.390. The Bertz CT molecular complexity index is 665. The summed E-state index contributed by atoms with van der Waals surface area (Å²) in [4.78, 5) is 22.1. The van der Waals surface area contributed by atoms with E-state index in [-0.39, 0.29) is 22.7 Å². The van der Waals surface area contributed by atoms with Gasteiger partial charge in [0.15, 0.2) is 0 Å². The van der Waals surface area contributed by atoms with Crippen LogP contribution in [0.15, 0.2) is 16.9 Å². The van der Waals surface area contributed by atoms with Crippen molar-refractivity contribution in [3.05, 3.63) is 36.2 Å². The molecule has 0 fully saturated rings. The van der Waals surface area contributed by atoms with Gasteiger partial charge in [-0.15, -0.1) is 0 Å². The second kappa shape index (κ2) is 5.36. The molecule has 2 aromatic heterocycles. The van der Waals surface area contributed by atoms with Gasteiger partial charge in [0.25, 0.3) is 5.91 Å². The van der Waals surface area contributed by atoms with E-state index in [1.807, 2.05) is 22.6 Å². The lowest BCUT2D eigenvalue weighted by Crippen LogP contribution is -2.19. The lowest BCUT2D eigenvalue weighted by Gasteiger charge is -1.99. The Labute approximate surface area is 129 Å². The van der Waals surface area contributed by atoms with Gasteiger partial charge in [0.2, 0.25) is 0 Å². The van der Waals surface area contributed by atoms with Crippen molar-refractivity contribution in [2.75, 3.05) is 0 Å². The molecule has 0 amide bonds. The molecule has 0 aliphatic rings. The van der Waals surface area contributed by atoms with Gasteiger partial charge in [0, 0.05) is 6.20 Å². The molecule has 100 valence electrons. The van der Waals surface area contributed by atoms with Crippen LogP contribution in [-0.2, 0) is 6.54 Å². The van der Waals surface area contributed by atoms with Crippen LogP contribution in [0.25, 0.3) is 0 Å². The molecule has 0 saturated heterocycles. The van der Waals surface area contributed by atoms with Crippen molar-refractivity contribution < 1.29 is 9.72 Å². The molecule has 0 atom stereocenters. The molecule has 2 aromatic rings. The van der Waals surface area contributed by atoms with E-state index in [0.717, 1.165) is 3.57 Å². The summed E-state index contributed by atoms with van der Waals surface area (Å²) in [7, 11) is 0. The first kappa shape index (κ1) is 14.1. The zero-order chi connectivity index (χ0) is 14.2. The van der Waals surface area contributed by atoms with Gasteiger partial charge in [0.1, 0.15) is 11.0 Å². The Morgan fingerprint density at radius 1 is 1.63 bits per heavy atom. The number of hydrogen-bond acceptors (Lipinski definition) is 5. The Morgan fingerprint density at radius 2 is 2.32 bits per heavy atom. The summed E-state index contributed by atoms with van der Waals surface area (Å²) in [6, 6.07) is 0. The van der Waals surface area contributed by atoms with Crippen molar-refractivity contribution in [3.63, 3.8) is 0 Å². The van der Waals surface area contributed by atoms with Crippen molar-refractivity contribution in [3.8, 4) is 0 Å². The second-order valence-electron chi connectivity index (χ2n) is 3.63. The maximum absolute atomic E-state index is 11.9. The maximum atomic E-state index is 11.9. The van der Waals surface area contributed by atoms with Gasteiger partial charge < -0.3 is 10.1 Å². The fourth-order valence-electron chi connectivity index (χ4n) is 1.42. The smallest absolute Gasteiger partial charge is 0.358 e. The first-order valence-corrected chi connectivity index (χ1v) is 6.88. The summed E-state index contributed by atoms with van der Waals surface area (Å²) in [5, 5.41) is 18.4. The number of aromatic nitrogens is 4. The molecular weight excluding hydrogens is 433 g/mol. The number of carbonyl (C=O) groups is 1. The predicted octanol–water partition coefficient (Wildman–Crippen LogP) is 2.00. The summed E-state index contributed by atoms with van der Waals surface area (Å²) < 4.78 is 3.57. The average molecular weight is 440 g/mol. The molecule has 0 unspecified atom stereocenters. The van der Waals surface area contributed by atoms with Crippen molar-refractivity contribution in [2.45, 2.75) is 13.5 Å². The van der Waals surface area contributed by atoms with Gasteiger partial charge >= 0.3 is 5.82 Å². The van der Waals surface area contributed by atoms with Gasteiger partial charge in [-0.1, -0.05) is 0 Å². The van der Waals surface area contributed by atoms with Crippen molar-refractivity contribution >= 4 is 50.2 Å². The molecule has 0 radical (unpaired) electrons. The van der Waals surface area contributed by atoms with E-state index in [1.165, 1.54) is 9.36 Å². The minimum absolute atomic E-state index is 0.115. The van der Waals surface area contributed by atoms with Crippen LogP contribution in [-0.4, -0.2) is 30.4 Å². The van der Waals surface area contributed by atoms with Crippen LogP contribution >= 0.6 is 38.5 Å². The topological polar surface area (TPSA) is 95.9 Å². The third-order valence-electron chi connectivity index (χ3n) is 2.38. The van der Waals surface area contributed by atoms with Crippen LogP contribution in [0, 0.1) is 20.6 Å². The van der Waals surface area contributed by atoms with E-state index in [2.05, 4.69) is 26.1 Å². The Hall–Kier alpha value is -1.30. The Morgan fingerprint density at radius 3 is 2.79 bits per heavy atom. The quantitative estimate of drug-likeness (QED) is 0.414. The number of nitro groups is 1. The fraction of sp³-hybridized carbons (Fsp3) is 0.222. The van der Waals surface area contributed by atoms with Gasteiger partial charge in [0.05, 0.1) is 20.6 Å². The van der Waals surface area contributed by atoms with E-state index >= 15 is 0 Å². The highest BCUT2D eigenvalue weighted by molar-refractivity contribution is 14.1. The first-order valence-electron chi connectivity index (χ1n) is 5.01. The van der Waals surface area contributed by atoms with E-state index < -0.39 is 4.92 Å². The molecule has 0 spiro atoms. The van der Waals surface area contributed by atoms with Gasteiger partial charge in [-0.3, -0.25) is 4.79 Å². The number of hydrogen-bond donors (Lipinski definition) is 0.